The van der Waals surface area contributed by atoms with E-state index in [0.717, 1.165) is 6.42 Å². The molecule has 0 spiro atoms. The second-order valence-corrected chi connectivity index (χ2v) is 2.37. The molecule has 1 aromatic carbocycles. The maximum Gasteiger partial charge on any atom is 0.125 e. The van der Waals surface area contributed by atoms with Crippen molar-refractivity contribution in [2.45, 2.75) is 6.42 Å². The Morgan fingerprint density at radius 3 is 2.75 bits per heavy atom. The number of hydrogen-bond donors (Lipinski definition) is 0. The minimum atomic E-state index is 0.257. The van der Waals surface area contributed by atoms with Crippen LogP contribution >= 0.6 is 0 Å². The largest absolute Gasteiger partial charge is 0.282 e. The molecular weight excluding hydrogens is 148 g/mol. The molecule has 2 nitrogen and oxygen atoms in total. The highest BCUT2D eigenvalue weighted by Crippen LogP contribution is 1.96. The Morgan fingerprint density at radius 2 is 2.08 bits per heavy atom. The first-order valence-electron chi connectivity index (χ1n) is 3.82. The van der Waals surface area contributed by atoms with E-state index >= 15 is 0 Å². The highest BCUT2D eigenvalue weighted by atomic mass is 14.7. The zero-order valence-electron chi connectivity index (χ0n) is 6.77. The summed E-state index contributed by atoms with van der Waals surface area (Å²) >= 11 is 0. The number of rotatable bonds is 3. The Morgan fingerprint density at radius 1 is 1.33 bits per heavy atom. The second kappa shape index (κ2) is 5.09. The molecule has 0 saturated heterocycles. The van der Waals surface area contributed by atoms with E-state index in [1.165, 1.54) is 5.56 Å². The first-order chi connectivity index (χ1) is 5.93. The molecule has 1 aromatic rings. The van der Waals surface area contributed by atoms with Gasteiger partial charge in [0.1, 0.15) is 6.54 Å². The molecule has 0 fully saturated rings. The molecule has 0 aliphatic rings. The van der Waals surface area contributed by atoms with Gasteiger partial charge in [-0.2, -0.15) is 5.26 Å². The van der Waals surface area contributed by atoms with Gasteiger partial charge in [0.25, 0.3) is 0 Å². The Kier molecular flexibility index (Phi) is 3.59. The molecule has 0 saturated carbocycles. The Labute approximate surface area is 72.2 Å². The molecule has 0 amide bonds. The van der Waals surface area contributed by atoms with Crippen LogP contribution in [-0.2, 0) is 6.42 Å². The van der Waals surface area contributed by atoms with Crippen molar-refractivity contribution in [1.82, 2.24) is 0 Å². The van der Waals surface area contributed by atoms with Crippen molar-refractivity contribution in [2.24, 2.45) is 4.99 Å². The third-order valence-electron chi connectivity index (χ3n) is 1.46. The summed E-state index contributed by atoms with van der Waals surface area (Å²) in [5, 5.41) is 8.20. The van der Waals surface area contributed by atoms with Crippen LogP contribution in [0.2, 0.25) is 0 Å². The van der Waals surface area contributed by atoms with E-state index in [1.807, 2.05) is 36.4 Å². The van der Waals surface area contributed by atoms with Gasteiger partial charge < -0.3 is 0 Å². The van der Waals surface area contributed by atoms with Gasteiger partial charge in [0.05, 0.1) is 6.07 Å². The summed E-state index contributed by atoms with van der Waals surface area (Å²) in [4.78, 5) is 3.90. The molecule has 0 heterocycles. The third kappa shape index (κ3) is 2.98. The summed E-state index contributed by atoms with van der Waals surface area (Å²) in [6.45, 7) is 0.257. The van der Waals surface area contributed by atoms with E-state index in [-0.39, 0.29) is 6.54 Å². The van der Waals surface area contributed by atoms with Crippen molar-refractivity contribution in [1.29, 1.82) is 5.26 Å². The van der Waals surface area contributed by atoms with E-state index in [0.29, 0.717) is 0 Å². The molecule has 0 atom stereocenters. The molecule has 0 aliphatic heterocycles. The fourth-order valence-electron chi connectivity index (χ4n) is 0.889. The van der Waals surface area contributed by atoms with Crippen molar-refractivity contribution >= 4 is 6.21 Å². The molecule has 60 valence electrons. The predicted molar refractivity (Wildman–Crippen MR) is 49.1 cm³/mol. The number of benzene rings is 1. The van der Waals surface area contributed by atoms with Crippen molar-refractivity contribution in [3.63, 3.8) is 0 Å². The van der Waals surface area contributed by atoms with Crippen LogP contribution in [0.4, 0.5) is 0 Å². The average Bonchev–Trinajstić information content (AvgIpc) is 2.14. The van der Waals surface area contributed by atoms with Crippen molar-refractivity contribution < 1.29 is 0 Å². The maximum atomic E-state index is 8.20. The molecule has 0 N–H and O–H groups in total. The summed E-state index contributed by atoms with van der Waals surface area (Å²) in [6, 6.07) is 12.0. The summed E-state index contributed by atoms with van der Waals surface area (Å²) in [6.07, 6.45) is 2.58. The first kappa shape index (κ1) is 8.48. The lowest BCUT2D eigenvalue weighted by atomic mass is 10.2. The number of nitriles is 1. The fourth-order valence-corrected chi connectivity index (χ4v) is 0.889. The van der Waals surface area contributed by atoms with Gasteiger partial charge in [-0.25, -0.2) is 0 Å². The van der Waals surface area contributed by atoms with E-state index < -0.39 is 0 Å². The summed E-state index contributed by atoms with van der Waals surface area (Å²) in [7, 11) is 0. The molecule has 0 radical (unpaired) electrons. The van der Waals surface area contributed by atoms with Crippen molar-refractivity contribution in [2.75, 3.05) is 6.54 Å². The van der Waals surface area contributed by atoms with Gasteiger partial charge in [0.15, 0.2) is 0 Å². The van der Waals surface area contributed by atoms with Crippen LogP contribution in [0.5, 0.6) is 0 Å². The van der Waals surface area contributed by atoms with Crippen LogP contribution in [0.15, 0.2) is 35.3 Å². The van der Waals surface area contributed by atoms with Crippen LogP contribution in [0.3, 0.4) is 0 Å². The lowest BCUT2D eigenvalue weighted by Crippen LogP contribution is -1.85. The molecule has 0 aromatic heterocycles. The van der Waals surface area contributed by atoms with Crippen molar-refractivity contribution in [3.05, 3.63) is 35.9 Å². The standard InChI is InChI=1S/C10H10N2/c11-7-9-12-8-6-10-4-2-1-3-5-10/h1-5,8H,6,9H2/b12-8+. The minimum absolute atomic E-state index is 0.257. The molecule has 2 heteroatoms. The molecule has 1 rings (SSSR count). The maximum absolute atomic E-state index is 8.20. The number of aliphatic imine (C=N–C) groups is 1. The van der Waals surface area contributed by atoms with Gasteiger partial charge in [-0.3, -0.25) is 4.99 Å². The van der Waals surface area contributed by atoms with E-state index in [1.54, 1.807) is 6.21 Å². The smallest absolute Gasteiger partial charge is 0.125 e. The van der Waals surface area contributed by atoms with Gasteiger partial charge in [-0.1, -0.05) is 30.3 Å². The summed E-state index contributed by atoms with van der Waals surface area (Å²) < 4.78 is 0. The second-order valence-electron chi connectivity index (χ2n) is 2.37. The van der Waals surface area contributed by atoms with Crippen LogP contribution in [0.25, 0.3) is 0 Å². The SMILES string of the molecule is N#CC/N=C/Cc1ccccc1. The van der Waals surface area contributed by atoms with E-state index in [2.05, 4.69) is 4.99 Å². The van der Waals surface area contributed by atoms with Crippen LogP contribution in [0, 0.1) is 11.3 Å². The minimum Gasteiger partial charge on any atom is -0.282 e. The fraction of sp³-hybridized carbons (Fsp3) is 0.200. The monoisotopic (exact) mass is 158 g/mol. The third-order valence-corrected chi connectivity index (χ3v) is 1.46. The van der Waals surface area contributed by atoms with Crippen LogP contribution < -0.4 is 0 Å². The average molecular weight is 158 g/mol. The van der Waals surface area contributed by atoms with Crippen molar-refractivity contribution in [3.8, 4) is 6.07 Å². The first-order valence-corrected chi connectivity index (χ1v) is 3.82. The van der Waals surface area contributed by atoms with E-state index in [4.69, 9.17) is 5.26 Å². The highest BCUT2D eigenvalue weighted by Gasteiger charge is 1.85. The molecule has 12 heavy (non-hydrogen) atoms. The Balaban J connectivity index is 2.39. The zero-order chi connectivity index (χ0) is 8.65. The van der Waals surface area contributed by atoms with Gasteiger partial charge in [-0.05, 0) is 5.56 Å². The summed E-state index contributed by atoms with van der Waals surface area (Å²) in [5.41, 5.74) is 1.22. The van der Waals surface area contributed by atoms with Crippen LogP contribution in [-0.4, -0.2) is 12.8 Å². The molecule has 0 aliphatic carbocycles. The lowest BCUT2D eigenvalue weighted by Gasteiger charge is -1.92. The van der Waals surface area contributed by atoms with Gasteiger partial charge in [0.2, 0.25) is 0 Å². The predicted octanol–water partition coefficient (Wildman–Crippen LogP) is 1.82. The molecule has 0 unspecified atom stereocenters. The number of nitrogens with zero attached hydrogens (tertiary/aromatic N) is 2. The van der Waals surface area contributed by atoms with Gasteiger partial charge in [0, 0.05) is 12.6 Å². The molecular formula is C10H10N2. The summed E-state index contributed by atoms with van der Waals surface area (Å²) in [5.74, 6) is 0. The Bertz CT molecular complexity index is 282. The van der Waals surface area contributed by atoms with Gasteiger partial charge in [-0.15, -0.1) is 0 Å². The zero-order valence-corrected chi connectivity index (χ0v) is 6.77. The lowest BCUT2D eigenvalue weighted by molar-refractivity contribution is 1.22. The quantitative estimate of drug-likeness (QED) is 0.488. The number of hydrogen-bond acceptors (Lipinski definition) is 2. The molecule has 0 bridgehead atoms. The van der Waals surface area contributed by atoms with Crippen LogP contribution in [0.1, 0.15) is 5.56 Å². The topological polar surface area (TPSA) is 36.1 Å². The van der Waals surface area contributed by atoms with Gasteiger partial charge >= 0.3 is 0 Å². The Hall–Kier alpha value is -1.62. The highest BCUT2D eigenvalue weighted by molar-refractivity contribution is 5.61. The van der Waals surface area contributed by atoms with E-state index in [9.17, 15) is 0 Å². The normalized spacial score (nSPS) is 9.92.